The first-order chi connectivity index (χ1) is 9.69. The maximum Gasteiger partial charge on any atom is 0.408 e. The van der Waals surface area contributed by atoms with E-state index in [2.05, 4.69) is 5.32 Å². The molecule has 6 heteroatoms. The number of carbonyl (C=O) groups excluding carboxylic acids is 2. The Bertz CT molecular complexity index is 519. The average Bonchev–Trinajstić information content (AvgIpc) is 2.36. The highest BCUT2D eigenvalue weighted by Crippen LogP contribution is 2.09. The van der Waals surface area contributed by atoms with Gasteiger partial charge >= 0.3 is 12.1 Å². The Hall–Kier alpha value is -2.37. The minimum Gasteiger partial charge on any atom is -0.480 e. The first kappa shape index (κ1) is 16.7. The van der Waals surface area contributed by atoms with E-state index in [1.54, 1.807) is 51.1 Å². The molecule has 0 spiro atoms. The molecular formula is C15H19NO5. The van der Waals surface area contributed by atoms with Crippen LogP contribution < -0.4 is 5.32 Å². The Labute approximate surface area is 123 Å². The van der Waals surface area contributed by atoms with E-state index in [0.29, 0.717) is 5.56 Å². The maximum absolute atomic E-state index is 12.0. The Morgan fingerprint density at radius 2 is 1.76 bits per heavy atom. The average molecular weight is 293 g/mol. The summed E-state index contributed by atoms with van der Waals surface area (Å²) >= 11 is 0. The summed E-state index contributed by atoms with van der Waals surface area (Å²) in [5.74, 6) is -1.65. The van der Waals surface area contributed by atoms with Crippen molar-refractivity contribution in [1.29, 1.82) is 0 Å². The molecule has 0 fully saturated rings. The van der Waals surface area contributed by atoms with Gasteiger partial charge in [0.1, 0.15) is 11.6 Å². The smallest absolute Gasteiger partial charge is 0.408 e. The van der Waals surface area contributed by atoms with Crippen LogP contribution in [0.1, 0.15) is 37.6 Å². The monoisotopic (exact) mass is 293 g/mol. The second kappa shape index (κ2) is 6.88. The molecule has 1 aromatic rings. The Morgan fingerprint density at radius 3 is 2.24 bits per heavy atom. The molecule has 0 aromatic heterocycles. The molecule has 0 aliphatic rings. The molecular weight excluding hydrogens is 274 g/mol. The first-order valence-electron chi connectivity index (χ1n) is 6.49. The fraction of sp³-hybridized carbons (Fsp3) is 0.400. The molecule has 114 valence electrons. The topological polar surface area (TPSA) is 92.7 Å². The van der Waals surface area contributed by atoms with E-state index in [1.165, 1.54) is 0 Å². The van der Waals surface area contributed by atoms with Gasteiger partial charge in [0.2, 0.25) is 0 Å². The largest absolute Gasteiger partial charge is 0.480 e. The lowest BCUT2D eigenvalue weighted by Crippen LogP contribution is -2.44. The normalized spacial score (nSPS) is 12.3. The summed E-state index contributed by atoms with van der Waals surface area (Å²) in [7, 11) is 0. The van der Waals surface area contributed by atoms with Gasteiger partial charge in [0.05, 0.1) is 0 Å². The van der Waals surface area contributed by atoms with Crippen LogP contribution >= 0.6 is 0 Å². The molecule has 0 unspecified atom stereocenters. The molecule has 0 aliphatic heterocycles. The van der Waals surface area contributed by atoms with Crippen LogP contribution in [0.15, 0.2) is 30.3 Å². The van der Waals surface area contributed by atoms with Crippen LogP contribution in [0.2, 0.25) is 0 Å². The number of ether oxygens (including phenoxy) is 1. The Morgan fingerprint density at radius 1 is 1.19 bits per heavy atom. The molecule has 0 saturated carbocycles. The van der Waals surface area contributed by atoms with Crippen LogP contribution in [0, 0.1) is 0 Å². The standard InChI is InChI=1S/C15H19NO5/c1-15(2,3)21-14(20)16-11(13(18)19)9-12(17)10-7-5-4-6-8-10/h4-8,11H,9H2,1-3H3,(H,16,20)(H,18,19)/t11-/m0/s1. The van der Waals surface area contributed by atoms with Crippen LogP contribution in [-0.2, 0) is 9.53 Å². The minimum absolute atomic E-state index is 0.335. The number of ketones is 1. The van der Waals surface area contributed by atoms with Gasteiger partial charge in [-0.1, -0.05) is 30.3 Å². The highest BCUT2D eigenvalue weighted by Gasteiger charge is 2.26. The molecule has 0 radical (unpaired) electrons. The van der Waals surface area contributed by atoms with Crippen molar-refractivity contribution in [2.45, 2.75) is 38.8 Å². The number of rotatable bonds is 5. The van der Waals surface area contributed by atoms with Crippen LogP contribution in [0.25, 0.3) is 0 Å². The molecule has 0 saturated heterocycles. The predicted octanol–water partition coefficient (Wildman–Crippen LogP) is 2.24. The van der Waals surface area contributed by atoms with Crippen molar-refractivity contribution in [2.75, 3.05) is 0 Å². The Balaban J connectivity index is 2.69. The Kier molecular flexibility index (Phi) is 5.46. The molecule has 1 aromatic carbocycles. The van der Waals surface area contributed by atoms with Crippen molar-refractivity contribution in [3.63, 3.8) is 0 Å². The fourth-order valence-corrected chi connectivity index (χ4v) is 1.58. The summed E-state index contributed by atoms with van der Waals surface area (Å²) < 4.78 is 4.98. The SMILES string of the molecule is CC(C)(C)OC(=O)N[C@@H](CC(=O)c1ccccc1)C(=O)O. The summed E-state index contributed by atoms with van der Waals surface area (Å²) in [5.41, 5.74) is -0.342. The lowest BCUT2D eigenvalue weighted by molar-refractivity contribution is -0.139. The summed E-state index contributed by atoms with van der Waals surface area (Å²) in [5, 5.41) is 11.3. The lowest BCUT2D eigenvalue weighted by atomic mass is 10.0. The number of nitrogens with one attached hydrogen (secondary N) is 1. The van der Waals surface area contributed by atoms with E-state index in [9.17, 15) is 14.4 Å². The molecule has 6 nitrogen and oxygen atoms in total. The molecule has 21 heavy (non-hydrogen) atoms. The maximum atomic E-state index is 12.0. The highest BCUT2D eigenvalue weighted by molar-refractivity contribution is 5.99. The van der Waals surface area contributed by atoms with Crippen molar-refractivity contribution in [1.82, 2.24) is 5.32 Å². The number of carbonyl (C=O) groups is 3. The van der Waals surface area contributed by atoms with Gasteiger partial charge < -0.3 is 15.2 Å². The number of aliphatic carboxylic acids is 1. The third-order valence-electron chi connectivity index (χ3n) is 2.47. The quantitative estimate of drug-likeness (QED) is 0.812. The van der Waals surface area contributed by atoms with Crippen LogP contribution in [0.4, 0.5) is 4.79 Å². The van der Waals surface area contributed by atoms with E-state index in [4.69, 9.17) is 9.84 Å². The van der Waals surface area contributed by atoms with E-state index in [-0.39, 0.29) is 12.2 Å². The third-order valence-corrected chi connectivity index (χ3v) is 2.47. The van der Waals surface area contributed by atoms with Crippen molar-refractivity contribution in [2.24, 2.45) is 0 Å². The summed E-state index contributed by atoms with van der Waals surface area (Å²) in [6.07, 6.45) is -1.20. The number of hydrogen-bond acceptors (Lipinski definition) is 4. The van der Waals surface area contributed by atoms with E-state index < -0.39 is 23.7 Å². The van der Waals surface area contributed by atoms with Crippen molar-refractivity contribution >= 4 is 17.8 Å². The molecule has 1 atom stereocenters. The zero-order valence-electron chi connectivity index (χ0n) is 12.3. The number of Topliss-reactive ketones (excluding diaryl/α,β-unsaturated/α-hetero) is 1. The van der Waals surface area contributed by atoms with E-state index in [0.717, 1.165) is 0 Å². The van der Waals surface area contributed by atoms with Crippen molar-refractivity contribution < 1.29 is 24.2 Å². The number of carboxylic acids is 1. The molecule has 1 amide bonds. The lowest BCUT2D eigenvalue weighted by Gasteiger charge is -2.21. The van der Waals surface area contributed by atoms with Gasteiger partial charge in [0, 0.05) is 12.0 Å². The summed E-state index contributed by atoms with van der Waals surface area (Å²) in [6, 6.07) is 6.98. The second-order valence-electron chi connectivity index (χ2n) is 5.53. The van der Waals surface area contributed by atoms with Gasteiger partial charge in [-0.05, 0) is 20.8 Å². The van der Waals surface area contributed by atoms with Gasteiger partial charge in [0.25, 0.3) is 0 Å². The molecule has 1 rings (SSSR count). The van der Waals surface area contributed by atoms with Crippen LogP contribution in [0.3, 0.4) is 0 Å². The number of alkyl carbamates (subject to hydrolysis) is 1. The van der Waals surface area contributed by atoms with Gasteiger partial charge in [-0.25, -0.2) is 9.59 Å². The number of benzene rings is 1. The van der Waals surface area contributed by atoms with Gasteiger partial charge in [-0.2, -0.15) is 0 Å². The van der Waals surface area contributed by atoms with E-state index >= 15 is 0 Å². The summed E-state index contributed by atoms with van der Waals surface area (Å²) in [6.45, 7) is 4.99. The van der Waals surface area contributed by atoms with Gasteiger partial charge in [0.15, 0.2) is 5.78 Å². The van der Waals surface area contributed by atoms with Crippen LogP contribution in [0.5, 0.6) is 0 Å². The zero-order chi connectivity index (χ0) is 16.0. The molecule has 2 N–H and O–H groups in total. The van der Waals surface area contributed by atoms with Crippen molar-refractivity contribution in [3.05, 3.63) is 35.9 Å². The van der Waals surface area contributed by atoms with Crippen LogP contribution in [-0.4, -0.2) is 34.6 Å². The highest BCUT2D eigenvalue weighted by atomic mass is 16.6. The summed E-state index contributed by atoms with van der Waals surface area (Å²) in [4.78, 5) is 34.7. The second-order valence-corrected chi connectivity index (χ2v) is 5.53. The number of hydrogen-bond donors (Lipinski definition) is 2. The minimum atomic E-state index is -1.33. The fourth-order valence-electron chi connectivity index (χ4n) is 1.58. The van der Waals surface area contributed by atoms with E-state index in [1.807, 2.05) is 0 Å². The first-order valence-corrected chi connectivity index (χ1v) is 6.49. The molecule has 0 heterocycles. The van der Waals surface area contributed by atoms with Gasteiger partial charge in [-0.3, -0.25) is 4.79 Å². The number of carboxylic acid groups (broad SMARTS) is 1. The zero-order valence-corrected chi connectivity index (χ0v) is 12.3. The third kappa shape index (κ3) is 6.07. The van der Waals surface area contributed by atoms with Gasteiger partial charge in [-0.15, -0.1) is 0 Å². The van der Waals surface area contributed by atoms with Crippen molar-refractivity contribution in [3.8, 4) is 0 Å². The molecule has 0 bridgehead atoms. The molecule has 0 aliphatic carbocycles. The number of amides is 1. The predicted molar refractivity (Wildman–Crippen MR) is 76.2 cm³/mol.